The van der Waals surface area contributed by atoms with Gasteiger partial charge in [0.2, 0.25) is 5.91 Å². The van der Waals surface area contributed by atoms with Crippen molar-refractivity contribution in [3.05, 3.63) is 60.2 Å². The quantitative estimate of drug-likeness (QED) is 0.813. The van der Waals surface area contributed by atoms with Crippen LogP contribution in [0.2, 0.25) is 0 Å². The second kappa shape index (κ2) is 8.99. The molecule has 0 heterocycles. The fraction of sp³-hybridized carbons (Fsp3) is 0.300. The monoisotopic (exact) mass is 340 g/mol. The molecule has 0 aliphatic carbocycles. The summed E-state index contributed by atoms with van der Waals surface area (Å²) in [6.07, 6.45) is 0.0601. The van der Waals surface area contributed by atoms with Crippen LogP contribution in [0, 0.1) is 0 Å². The topological polar surface area (TPSA) is 69.6 Å². The largest absolute Gasteiger partial charge is 0.393 e. The third kappa shape index (κ3) is 5.72. The molecule has 1 atom stereocenters. The summed E-state index contributed by atoms with van der Waals surface area (Å²) in [7, 11) is 1.66. The van der Waals surface area contributed by atoms with E-state index < -0.39 is 6.10 Å². The zero-order chi connectivity index (χ0) is 18.2. The number of amides is 2. The average Bonchev–Trinajstić information content (AvgIpc) is 2.64. The summed E-state index contributed by atoms with van der Waals surface area (Å²) in [4.78, 5) is 25.6. The molecule has 0 saturated heterocycles. The highest BCUT2D eigenvalue weighted by Crippen LogP contribution is 2.19. The zero-order valence-electron chi connectivity index (χ0n) is 14.6. The van der Waals surface area contributed by atoms with E-state index in [9.17, 15) is 14.7 Å². The van der Waals surface area contributed by atoms with Gasteiger partial charge < -0.3 is 15.3 Å². The number of nitrogens with zero attached hydrogens (tertiary/aromatic N) is 1. The van der Waals surface area contributed by atoms with Crippen molar-refractivity contribution in [3.63, 3.8) is 0 Å². The average molecular weight is 340 g/mol. The van der Waals surface area contributed by atoms with Crippen molar-refractivity contribution in [2.24, 2.45) is 0 Å². The number of carbonyl (C=O) groups is 2. The summed E-state index contributed by atoms with van der Waals surface area (Å²) in [5.41, 5.74) is 2.63. The molecule has 0 aliphatic rings. The maximum atomic E-state index is 12.2. The second-order valence-electron chi connectivity index (χ2n) is 6.08. The fourth-order valence-electron chi connectivity index (χ4n) is 2.34. The molecule has 0 fully saturated rings. The molecular formula is C20H24N2O3. The van der Waals surface area contributed by atoms with Crippen LogP contribution in [0.25, 0.3) is 11.1 Å². The van der Waals surface area contributed by atoms with Crippen LogP contribution in [0.3, 0.4) is 0 Å². The van der Waals surface area contributed by atoms with Crippen molar-refractivity contribution in [2.75, 3.05) is 20.1 Å². The van der Waals surface area contributed by atoms with E-state index in [0.29, 0.717) is 18.5 Å². The molecule has 0 saturated carbocycles. The van der Waals surface area contributed by atoms with Gasteiger partial charge in [-0.3, -0.25) is 9.59 Å². The number of hydrogen-bond donors (Lipinski definition) is 2. The standard InChI is InChI=1S/C20H24N2O3/c1-15(23)12-13-22(2)19(24)14-21-20(25)18-10-8-17(9-11-18)16-6-4-3-5-7-16/h3-11,15,23H,12-14H2,1-2H3,(H,21,25). The van der Waals surface area contributed by atoms with Crippen LogP contribution >= 0.6 is 0 Å². The minimum Gasteiger partial charge on any atom is -0.393 e. The lowest BCUT2D eigenvalue weighted by Crippen LogP contribution is -2.39. The van der Waals surface area contributed by atoms with Crippen molar-refractivity contribution >= 4 is 11.8 Å². The Morgan fingerprint density at radius 2 is 1.64 bits per heavy atom. The molecule has 5 heteroatoms. The molecular weight excluding hydrogens is 316 g/mol. The maximum Gasteiger partial charge on any atom is 0.251 e. The van der Waals surface area contributed by atoms with Crippen molar-refractivity contribution in [1.29, 1.82) is 0 Å². The zero-order valence-corrected chi connectivity index (χ0v) is 14.6. The summed E-state index contributed by atoms with van der Waals surface area (Å²) in [6.45, 7) is 2.08. The number of hydrogen-bond acceptors (Lipinski definition) is 3. The molecule has 132 valence electrons. The smallest absolute Gasteiger partial charge is 0.251 e. The summed E-state index contributed by atoms with van der Waals surface area (Å²) in [5.74, 6) is -0.466. The van der Waals surface area contributed by atoms with Crippen molar-refractivity contribution in [1.82, 2.24) is 10.2 Å². The first-order chi connectivity index (χ1) is 12.0. The summed E-state index contributed by atoms with van der Waals surface area (Å²) in [6, 6.07) is 17.2. The predicted molar refractivity (Wildman–Crippen MR) is 98.1 cm³/mol. The number of carbonyl (C=O) groups excluding carboxylic acids is 2. The van der Waals surface area contributed by atoms with Gasteiger partial charge in [0.15, 0.2) is 0 Å². The Labute approximate surface area is 148 Å². The molecule has 2 N–H and O–H groups in total. The van der Waals surface area contributed by atoms with Gasteiger partial charge in [-0.15, -0.1) is 0 Å². The van der Waals surface area contributed by atoms with E-state index in [1.165, 1.54) is 4.90 Å². The van der Waals surface area contributed by atoms with Crippen LogP contribution in [0.1, 0.15) is 23.7 Å². The summed E-state index contributed by atoms with van der Waals surface area (Å²) < 4.78 is 0. The Morgan fingerprint density at radius 3 is 2.24 bits per heavy atom. The van der Waals surface area contributed by atoms with E-state index in [4.69, 9.17) is 0 Å². The van der Waals surface area contributed by atoms with Gasteiger partial charge in [-0.2, -0.15) is 0 Å². The van der Waals surface area contributed by atoms with Gasteiger partial charge in [0.05, 0.1) is 12.6 Å². The van der Waals surface area contributed by atoms with Crippen molar-refractivity contribution in [2.45, 2.75) is 19.4 Å². The molecule has 2 aromatic rings. The number of aliphatic hydroxyl groups excluding tert-OH is 1. The molecule has 0 aliphatic heterocycles. The first-order valence-corrected chi connectivity index (χ1v) is 8.33. The highest BCUT2D eigenvalue weighted by atomic mass is 16.3. The van der Waals surface area contributed by atoms with Gasteiger partial charge in [0.1, 0.15) is 0 Å². The summed E-state index contributed by atoms with van der Waals surface area (Å²) in [5, 5.41) is 11.9. The Balaban J connectivity index is 1.87. The third-order valence-electron chi connectivity index (χ3n) is 3.96. The Morgan fingerprint density at radius 1 is 1.04 bits per heavy atom. The number of rotatable bonds is 7. The molecule has 0 aromatic heterocycles. The van der Waals surface area contributed by atoms with E-state index in [0.717, 1.165) is 11.1 Å². The first kappa shape index (κ1) is 18.7. The van der Waals surface area contributed by atoms with Crippen LogP contribution in [0.15, 0.2) is 54.6 Å². The lowest BCUT2D eigenvalue weighted by molar-refractivity contribution is -0.129. The molecule has 2 amide bonds. The molecule has 25 heavy (non-hydrogen) atoms. The van der Waals surface area contributed by atoms with E-state index in [1.54, 1.807) is 26.1 Å². The number of benzene rings is 2. The lowest BCUT2D eigenvalue weighted by Gasteiger charge is -2.18. The third-order valence-corrected chi connectivity index (χ3v) is 3.96. The number of likely N-dealkylation sites (N-methyl/N-ethyl adjacent to an activating group) is 1. The highest BCUT2D eigenvalue weighted by molar-refractivity contribution is 5.96. The Hall–Kier alpha value is -2.66. The van der Waals surface area contributed by atoms with Crippen LogP contribution in [-0.4, -0.2) is 48.1 Å². The van der Waals surface area contributed by atoms with Gasteiger partial charge in [0.25, 0.3) is 5.91 Å². The van der Waals surface area contributed by atoms with Gasteiger partial charge in [-0.05, 0) is 36.6 Å². The van der Waals surface area contributed by atoms with Crippen LogP contribution in [0.4, 0.5) is 0 Å². The molecule has 0 radical (unpaired) electrons. The normalized spacial score (nSPS) is 11.6. The minimum atomic E-state index is -0.451. The molecule has 0 spiro atoms. The molecule has 2 rings (SSSR count). The van der Waals surface area contributed by atoms with Gasteiger partial charge in [0, 0.05) is 19.2 Å². The van der Waals surface area contributed by atoms with E-state index in [1.807, 2.05) is 42.5 Å². The Bertz CT molecular complexity index is 697. The number of aliphatic hydroxyl groups is 1. The SMILES string of the molecule is CC(O)CCN(C)C(=O)CNC(=O)c1ccc(-c2ccccc2)cc1. The van der Waals surface area contributed by atoms with Gasteiger partial charge in [-0.25, -0.2) is 0 Å². The van der Waals surface area contributed by atoms with Gasteiger partial charge in [-0.1, -0.05) is 42.5 Å². The molecule has 5 nitrogen and oxygen atoms in total. The minimum absolute atomic E-state index is 0.0599. The van der Waals surface area contributed by atoms with E-state index in [2.05, 4.69) is 5.32 Å². The maximum absolute atomic E-state index is 12.2. The van der Waals surface area contributed by atoms with Crippen LogP contribution in [-0.2, 0) is 4.79 Å². The van der Waals surface area contributed by atoms with Crippen LogP contribution < -0.4 is 5.32 Å². The van der Waals surface area contributed by atoms with Crippen LogP contribution in [0.5, 0.6) is 0 Å². The predicted octanol–water partition coefficient (Wildman–Crippen LogP) is 2.31. The first-order valence-electron chi connectivity index (χ1n) is 8.33. The lowest BCUT2D eigenvalue weighted by atomic mass is 10.0. The summed E-state index contributed by atoms with van der Waals surface area (Å²) >= 11 is 0. The van der Waals surface area contributed by atoms with E-state index >= 15 is 0 Å². The molecule has 1 unspecified atom stereocenters. The van der Waals surface area contributed by atoms with Crippen molar-refractivity contribution < 1.29 is 14.7 Å². The van der Waals surface area contributed by atoms with E-state index in [-0.39, 0.29) is 18.4 Å². The number of nitrogens with one attached hydrogen (secondary N) is 1. The second-order valence-corrected chi connectivity index (χ2v) is 6.08. The van der Waals surface area contributed by atoms with Crippen molar-refractivity contribution in [3.8, 4) is 11.1 Å². The highest BCUT2D eigenvalue weighted by Gasteiger charge is 2.12. The molecule has 0 bridgehead atoms. The Kier molecular flexibility index (Phi) is 6.71. The molecule has 2 aromatic carbocycles. The van der Waals surface area contributed by atoms with Gasteiger partial charge >= 0.3 is 0 Å². The fourth-order valence-corrected chi connectivity index (χ4v) is 2.34.